The van der Waals surface area contributed by atoms with E-state index in [0.717, 1.165) is 51.7 Å². The van der Waals surface area contributed by atoms with E-state index in [1.165, 1.54) is 12.8 Å². The third-order valence-corrected chi connectivity index (χ3v) is 5.63. The van der Waals surface area contributed by atoms with Gasteiger partial charge in [-0.05, 0) is 55.8 Å². The Kier molecular flexibility index (Phi) is 12.2. The Morgan fingerprint density at radius 1 is 0.800 bits per heavy atom. The van der Waals surface area contributed by atoms with Gasteiger partial charge in [-0.15, -0.1) is 0 Å². The fourth-order valence-corrected chi connectivity index (χ4v) is 3.78. The van der Waals surface area contributed by atoms with E-state index in [-0.39, 0.29) is 17.8 Å². The lowest BCUT2D eigenvalue weighted by atomic mass is 9.83. The van der Waals surface area contributed by atoms with Gasteiger partial charge in [0.15, 0.2) is 0 Å². The van der Waals surface area contributed by atoms with Crippen LogP contribution in [0.3, 0.4) is 0 Å². The zero-order valence-electron chi connectivity index (χ0n) is 16.8. The molecule has 0 aliphatic rings. The van der Waals surface area contributed by atoms with Crippen LogP contribution in [-0.4, -0.2) is 39.1 Å². The number of hydrogen-bond donors (Lipinski definition) is 2. The van der Waals surface area contributed by atoms with E-state index in [1.54, 1.807) is 0 Å². The molecule has 0 unspecified atom stereocenters. The van der Waals surface area contributed by atoms with E-state index in [4.69, 9.17) is 15.0 Å². The SMILES string of the molecule is CC(C)(CCCO)CCCCOCCCCC(C)(C)CCS(N)(=O)=O. The smallest absolute Gasteiger partial charge is 0.209 e. The number of aliphatic hydroxyl groups excluding tert-OH is 1. The molecule has 5 nitrogen and oxygen atoms in total. The number of nitrogens with two attached hydrogens (primary N) is 1. The third kappa shape index (κ3) is 17.0. The summed E-state index contributed by atoms with van der Waals surface area (Å²) in [5.74, 6) is 0.0607. The van der Waals surface area contributed by atoms with E-state index in [0.29, 0.717) is 11.8 Å². The zero-order chi connectivity index (χ0) is 19.4. The van der Waals surface area contributed by atoms with Gasteiger partial charge in [-0.1, -0.05) is 40.5 Å². The highest BCUT2D eigenvalue weighted by atomic mass is 32.2. The second-order valence-electron chi connectivity index (χ2n) is 8.80. The first-order chi connectivity index (χ1) is 11.5. The Morgan fingerprint density at radius 2 is 1.24 bits per heavy atom. The summed E-state index contributed by atoms with van der Waals surface area (Å²) in [6.45, 7) is 10.6. The average Bonchev–Trinajstić information content (AvgIpc) is 2.49. The van der Waals surface area contributed by atoms with Crippen molar-refractivity contribution in [1.29, 1.82) is 0 Å². The molecule has 0 amide bonds. The second-order valence-corrected chi connectivity index (χ2v) is 10.5. The summed E-state index contributed by atoms with van der Waals surface area (Å²) in [6.07, 6.45) is 9.05. The summed E-state index contributed by atoms with van der Waals surface area (Å²) in [5.41, 5.74) is 0.317. The van der Waals surface area contributed by atoms with Crippen molar-refractivity contribution in [3.8, 4) is 0 Å². The van der Waals surface area contributed by atoms with Gasteiger partial charge in [0.2, 0.25) is 10.0 Å². The van der Waals surface area contributed by atoms with E-state index in [9.17, 15) is 8.42 Å². The van der Waals surface area contributed by atoms with Crippen LogP contribution in [0.1, 0.15) is 85.5 Å². The Labute approximate surface area is 155 Å². The van der Waals surface area contributed by atoms with Crippen molar-refractivity contribution in [2.24, 2.45) is 16.0 Å². The maximum absolute atomic E-state index is 11.0. The first-order valence-corrected chi connectivity index (χ1v) is 11.4. The lowest BCUT2D eigenvalue weighted by molar-refractivity contribution is 0.119. The number of aliphatic hydroxyl groups is 1. The first-order valence-electron chi connectivity index (χ1n) is 9.67. The molecule has 0 aromatic heterocycles. The van der Waals surface area contributed by atoms with Crippen molar-refractivity contribution in [2.45, 2.75) is 85.5 Å². The number of rotatable bonds is 16. The van der Waals surface area contributed by atoms with E-state index < -0.39 is 10.0 Å². The quantitative estimate of drug-likeness (QED) is 0.399. The minimum Gasteiger partial charge on any atom is -0.396 e. The summed E-state index contributed by atoms with van der Waals surface area (Å²) >= 11 is 0. The van der Waals surface area contributed by atoms with Gasteiger partial charge in [-0.3, -0.25) is 0 Å². The average molecular weight is 380 g/mol. The molecule has 0 rings (SSSR count). The van der Waals surface area contributed by atoms with Gasteiger partial charge in [0.25, 0.3) is 0 Å². The highest BCUT2D eigenvalue weighted by molar-refractivity contribution is 7.89. The lowest BCUT2D eigenvalue weighted by Crippen LogP contribution is -2.22. The Morgan fingerprint density at radius 3 is 1.68 bits per heavy atom. The maximum Gasteiger partial charge on any atom is 0.209 e. The molecule has 25 heavy (non-hydrogen) atoms. The van der Waals surface area contributed by atoms with Crippen LogP contribution in [0.5, 0.6) is 0 Å². The molecule has 3 N–H and O–H groups in total. The van der Waals surface area contributed by atoms with Gasteiger partial charge in [-0.25, -0.2) is 13.6 Å². The van der Waals surface area contributed by atoms with Crippen LogP contribution in [0.15, 0.2) is 0 Å². The minimum absolute atomic E-state index is 0.00654. The molecule has 0 atom stereocenters. The van der Waals surface area contributed by atoms with Crippen LogP contribution in [0.2, 0.25) is 0 Å². The van der Waals surface area contributed by atoms with Crippen LogP contribution < -0.4 is 5.14 Å². The normalized spacial score (nSPS) is 13.4. The van der Waals surface area contributed by atoms with Gasteiger partial charge in [0, 0.05) is 19.8 Å². The van der Waals surface area contributed by atoms with Crippen molar-refractivity contribution >= 4 is 10.0 Å². The molecule has 0 saturated carbocycles. The standard InChI is InChI=1S/C19H41NO4S/c1-18(2,12-9-14-21)10-5-7-15-24-16-8-6-11-19(3,4)13-17-25(20,22)23/h21H,5-17H2,1-4H3,(H2,20,22,23). The van der Waals surface area contributed by atoms with Crippen LogP contribution in [0, 0.1) is 10.8 Å². The van der Waals surface area contributed by atoms with E-state index >= 15 is 0 Å². The number of primary sulfonamides is 1. The number of hydrogen-bond acceptors (Lipinski definition) is 4. The molecule has 0 saturated heterocycles. The number of unbranched alkanes of at least 4 members (excludes halogenated alkanes) is 2. The third-order valence-electron chi connectivity index (χ3n) is 4.86. The summed E-state index contributed by atoms with van der Waals surface area (Å²) in [7, 11) is -3.36. The minimum atomic E-state index is -3.36. The van der Waals surface area contributed by atoms with E-state index in [1.807, 2.05) is 0 Å². The molecular weight excluding hydrogens is 338 g/mol. The molecule has 0 aromatic carbocycles. The monoisotopic (exact) mass is 379 g/mol. The van der Waals surface area contributed by atoms with Crippen LogP contribution >= 0.6 is 0 Å². The summed E-state index contributed by atoms with van der Waals surface area (Å²) < 4.78 is 27.8. The van der Waals surface area contributed by atoms with Crippen molar-refractivity contribution < 1.29 is 18.3 Å². The lowest BCUT2D eigenvalue weighted by Gasteiger charge is -2.24. The molecule has 152 valence electrons. The number of ether oxygens (including phenoxy) is 1. The first kappa shape index (κ1) is 24.8. The molecule has 0 heterocycles. The molecule has 0 aliphatic heterocycles. The van der Waals surface area contributed by atoms with Gasteiger partial charge >= 0.3 is 0 Å². The summed E-state index contributed by atoms with van der Waals surface area (Å²) in [4.78, 5) is 0. The highest BCUT2D eigenvalue weighted by Gasteiger charge is 2.20. The molecule has 0 fully saturated rings. The molecule has 0 aromatic rings. The molecular formula is C19H41NO4S. The fraction of sp³-hybridized carbons (Fsp3) is 1.00. The highest BCUT2D eigenvalue weighted by Crippen LogP contribution is 2.29. The largest absolute Gasteiger partial charge is 0.396 e. The predicted octanol–water partition coefficient (Wildman–Crippen LogP) is 3.85. The van der Waals surface area contributed by atoms with Crippen molar-refractivity contribution in [3.05, 3.63) is 0 Å². The van der Waals surface area contributed by atoms with Gasteiger partial charge in [-0.2, -0.15) is 0 Å². The predicted molar refractivity (Wildman–Crippen MR) is 105 cm³/mol. The van der Waals surface area contributed by atoms with Crippen molar-refractivity contribution in [3.63, 3.8) is 0 Å². The van der Waals surface area contributed by atoms with Crippen LogP contribution in [-0.2, 0) is 14.8 Å². The summed E-state index contributed by atoms with van der Waals surface area (Å²) in [6, 6.07) is 0. The van der Waals surface area contributed by atoms with Crippen LogP contribution in [0.4, 0.5) is 0 Å². The van der Waals surface area contributed by atoms with Gasteiger partial charge < -0.3 is 9.84 Å². The zero-order valence-corrected chi connectivity index (χ0v) is 17.7. The Hall–Kier alpha value is -0.170. The van der Waals surface area contributed by atoms with Gasteiger partial charge in [0.05, 0.1) is 5.75 Å². The van der Waals surface area contributed by atoms with Crippen molar-refractivity contribution in [2.75, 3.05) is 25.6 Å². The molecule has 0 spiro atoms. The maximum atomic E-state index is 11.0. The summed E-state index contributed by atoms with van der Waals surface area (Å²) in [5, 5.41) is 14.0. The topological polar surface area (TPSA) is 89.6 Å². The van der Waals surface area contributed by atoms with Crippen LogP contribution in [0.25, 0.3) is 0 Å². The Bertz CT molecular complexity index is 433. The molecule has 0 aliphatic carbocycles. The van der Waals surface area contributed by atoms with E-state index in [2.05, 4.69) is 27.7 Å². The number of sulfonamides is 1. The molecule has 0 bridgehead atoms. The van der Waals surface area contributed by atoms with Gasteiger partial charge in [0.1, 0.15) is 0 Å². The molecule has 6 heteroatoms. The fourth-order valence-electron chi connectivity index (χ4n) is 2.94. The Balaban J connectivity index is 3.58. The second kappa shape index (κ2) is 12.3. The molecule has 0 radical (unpaired) electrons. The van der Waals surface area contributed by atoms with Crippen molar-refractivity contribution in [1.82, 2.24) is 0 Å².